The van der Waals surface area contributed by atoms with E-state index < -0.39 is 0 Å². The van der Waals surface area contributed by atoms with Crippen LogP contribution in [-0.4, -0.2) is 31.0 Å². The van der Waals surface area contributed by atoms with Crippen LogP contribution >= 0.6 is 0 Å². The van der Waals surface area contributed by atoms with Gasteiger partial charge in [0.1, 0.15) is 11.9 Å². The number of hydrogen-bond donors (Lipinski definition) is 2. The molecule has 0 fully saturated rings. The van der Waals surface area contributed by atoms with Crippen molar-refractivity contribution in [1.29, 1.82) is 0 Å². The molecule has 0 saturated heterocycles. The first-order valence-corrected chi connectivity index (χ1v) is 7.24. The second-order valence-electron chi connectivity index (χ2n) is 5.55. The number of phenolic OH excluding ortho intramolecular Hbond substituents is 2. The van der Waals surface area contributed by atoms with Gasteiger partial charge in [0.15, 0.2) is 23.0 Å². The van der Waals surface area contributed by atoms with Crippen LogP contribution in [0.5, 0.6) is 34.5 Å². The van der Waals surface area contributed by atoms with E-state index in [1.165, 1.54) is 14.2 Å². The molecule has 23 heavy (non-hydrogen) atoms. The Morgan fingerprint density at radius 1 is 1.04 bits per heavy atom. The highest BCUT2D eigenvalue weighted by Gasteiger charge is 2.43. The maximum atomic E-state index is 10.3. The highest BCUT2D eigenvalue weighted by Crippen LogP contribution is 2.56. The third kappa shape index (κ3) is 1.87. The molecule has 0 saturated carbocycles. The normalized spacial score (nSPS) is 20.6. The van der Waals surface area contributed by atoms with Crippen molar-refractivity contribution < 1.29 is 29.2 Å². The molecule has 6 nitrogen and oxygen atoms in total. The zero-order valence-corrected chi connectivity index (χ0v) is 12.7. The predicted octanol–water partition coefficient (Wildman–Crippen LogP) is 2.72. The van der Waals surface area contributed by atoms with E-state index in [4.69, 9.17) is 18.9 Å². The van der Waals surface area contributed by atoms with Gasteiger partial charge >= 0.3 is 0 Å². The van der Waals surface area contributed by atoms with E-state index in [0.717, 1.165) is 11.1 Å². The molecule has 2 aliphatic heterocycles. The largest absolute Gasteiger partial charge is 0.504 e. The molecule has 0 aromatic heterocycles. The van der Waals surface area contributed by atoms with Crippen LogP contribution in [0.3, 0.4) is 0 Å². The topological polar surface area (TPSA) is 77.4 Å². The summed E-state index contributed by atoms with van der Waals surface area (Å²) in [6, 6.07) is 6.82. The minimum absolute atomic E-state index is 0.0151. The number of benzene rings is 2. The summed E-state index contributed by atoms with van der Waals surface area (Å²) in [5, 5.41) is 20.3. The molecule has 0 aliphatic carbocycles. The molecule has 0 amide bonds. The molecule has 2 aromatic carbocycles. The van der Waals surface area contributed by atoms with E-state index in [-0.39, 0.29) is 23.5 Å². The molecule has 2 unspecified atom stereocenters. The van der Waals surface area contributed by atoms with E-state index >= 15 is 0 Å². The SMILES string of the molecule is COc1cc2c(cc1O)C1Oc3c(ccc(OC)c3O)C1CO2. The van der Waals surface area contributed by atoms with Gasteiger partial charge in [0.25, 0.3) is 0 Å². The standard InChI is InChI=1S/C17H16O6/c1-20-12-4-3-8-10-7-22-13-6-14(21-2)11(18)5-9(13)16(10)23-17(8)15(12)19/h3-6,10,16,18-19H,7H2,1-2H3. The molecule has 120 valence electrons. The Kier molecular flexibility index (Phi) is 2.94. The highest BCUT2D eigenvalue weighted by molar-refractivity contribution is 5.61. The molecule has 2 aliphatic rings. The van der Waals surface area contributed by atoms with Crippen molar-refractivity contribution in [3.8, 4) is 34.5 Å². The fourth-order valence-corrected chi connectivity index (χ4v) is 3.24. The molecule has 0 bridgehead atoms. The first-order chi connectivity index (χ1) is 11.1. The van der Waals surface area contributed by atoms with E-state index in [2.05, 4.69) is 0 Å². The van der Waals surface area contributed by atoms with E-state index in [0.29, 0.717) is 29.6 Å². The number of phenols is 2. The van der Waals surface area contributed by atoms with Crippen LogP contribution in [-0.2, 0) is 0 Å². The lowest BCUT2D eigenvalue weighted by Gasteiger charge is -2.28. The van der Waals surface area contributed by atoms with E-state index in [9.17, 15) is 10.2 Å². The maximum absolute atomic E-state index is 10.3. The Balaban J connectivity index is 1.80. The van der Waals surface area contributed by atoms with Crippen LogP contribution in [0.1, 0.15) is 23.1 Å². The third-order valence-electron chi connectivity index (χ3n) is 4.39. The first-order valence-electron chi connectivity index (χ1n) is 7.24. The van der Waals surface area contributed by atoms with E-state index in [1.807, 2.05) is 6.07 Å². The van der Waals surface area contributed by atoms with Crippen molar-refractivity contribution in [1.82, 2.24) is 0 Å². The molecule has 6 heteroatoms. The molecular formula is C17H16O6. The van der Waals surface area contributed by atoms with Crippen LogP contribution in [0.2, 0.25) is 0 Å². The zero-order valence-electron chi connectivity index (χ0n) is 12.7. The van der Waals surface area contributed by atoms with Gasteiger partial charge in [-0.15, -0.1) is 0 Å². The lowest BCUT2D eigenvalue weighted by atomic mass is 9.89. The fraction of sp³-hybridized carbons (Fsp3) is 0.294. The molecular weight excluding hydrogens is 300 g/mol. The summed E-state index contributed by atoms with van der Waals surface area (Å²) in [7, 11) is 2.98. The highest BCUT2D eigenvalue weighted by atomic mass is 16.5. The van der Waals surface area contributed by atoms with Gasteiger partial charge in [0, 0.05) is 17.2 Å². The Morgan fingerprint density at radius 3 is 2.57 bits per heavy atom. The molecule has 2 N–H and O–H groups in total. The maximum Gasteiger partial charge on any atom is 0.201 e. The number of rotatable bonds is 2. The number of ether oxygens (including phenoxy) is 4. The monoisotopic (exact) mass is 316 g/mol. The Labute approximate surface area is 132 Å². The summed E-state index contributed by atoms with van der Waals surface area (Å²) < 4.78 is 22.0. The van der Waals surface area contributed by atoms with Crippen LogP contribution in [0.4, 0.5) is 0 Å². The summed E-state index contributed by atoms with van der Waals surface area (Å²) in [5.41, 5.74) is 1.60. The van der Waals surface area contributed by atoms with Crippen molar-refractivity contribution in [3.63, 3.8) is 0 Å². The van der Waals surface area contributed by atoms with Crippen molar-refractivity contribution in [2.24, 2.45) is 0 Å². The number of methoxy groups -OCH3 is 2. The van der Waals surface area contributed by atoms with Crippen LogP contribution < -0.4 is 18.9 Å². The summed E-state index contributed by atoms with van der Waals surface area (Å²) >= 11 is 0. The number of hydrogen-bond acceptors (Lipinski definition) is 6. The zero-order chi connectivity index (χ0) is 16.1. The molecule has 2 heterocycles. The van der Waals surface area contributed by atoms with Gasteiger partial charge < -0.3 is 29.2 Å². The minimum Gasteiger partial charge on any atom is -0.504 e. The van der Waals surface area contributed by atoms with Crippen molar-refractivity contribution in [3.05, 3.63) is 35.4 Å². The van der Waals surface area contributed by atoms with Gasteiger partial charge in [-0.2, -0.15) is 0 Å². The average molecular weight is 316 g/mol. The smallest absolute Gasteiger partial charge is 0.201 e. The van der Waals surface area contributed by atoms with Crippen molar-refractivity contribution >= 4 is 0 Å². The van der Waals surface area contributed by atoms with Crippen molar-refractivity contribution in [2.45, 2.75) is 12.0 Å². The second kappa shape index (κ2) is 4.87. The molecule has 0 radical (unpaired) electrons. The minimum atomic E-state index is -0.330. The van der Waals surface area contributed by atoms with Crippen LogP contribution in [0.25, 0.3) is 0 Å². The average Bonchev–Trinajstić information content (AvgIpc) is 2.95. The quantitative estimate of drug-likeness (QED) is 0.887. The molecule has 2 aromatic rings. The summed E-state index contributed by atoms with van der Waals surface area (Å²) in [6.07, 6.45) is -0.330. The molecule has 2 atom stereocenters. The second-order valence-corrected chi connectivity index (χ2v) is 5.55. The lowest BCUT2D eigenvalue weighted by Crippen LogP contribution is -2.23. The van der Waals surface area contributed by atoms with Crippen molar-refractivity contribution in [2.75, 3.05) is 20.8 Å². The van der Waals surface area contributed by atoms with Crippen LogP contribution in [0.15, 0.2) is 24.3 Å². The van der Waals surface area contributed by atoms with Gasteiger partial charge in [0.2, 0.25) is 5.75 Å². The fourth-order valence-electron chi connectivity index (χ4n) is 3.24. The number of fused-ring (bicyclic) bond motifs is 5. The molecule has 4 rings (SSSR count). The Morgan fingerprint density at radius 2 is 1.83 bits per heavy atom. The van der Waals surface area contributed by atoms with Gasteiger partial charge in [-0.3, -0.25) is 0 Å². The third-order valence-corrected chi connectivity index (χ3v) is 4.39. The Hall–Kier alpha value is -2.76. The lowest BCUT2D eigenvalue weighted by molar-refractivity contribution is 0.136. The summed E-state index contributed by atoms with van der Waals surface area (Å²) in [5.74, 6) is 1.69. The summed E-state index contributed by atoms with van der Waals surface area (Å²) in [6.45, 7) is 0.421. The van der Waals surface area contributed by atoms with Gasteiger partial charge in [-0.1, -0.05) is 6.07 Å². The van der Waals surface area contributed by atoms with Gasteiger partial charge in [-0.05, 0) is 12.1 Å². The predicted molar refractivity (Wildman–Crippen MR) is 80.9 cm³/mol. The number of aromatic hydroxyl groups is 2. The van der Waals surface area contributed by atoms with Gasteiger partial charge in [-0.25, -0.2) is 0 Å². The first kappa shape index (κ1) is 13.9. The van der Waals surface area contributed by atoms with Gasteiger partial charge in [0.05, 0.1) is 26.7 Å². The van der Waals surface area contributed by atoms with Crippen LogP contribution in [0, 0.1) is 0 Å². The Bertz CT molecular complexity index is 785. The van der Waals surface area contributed by atoms with E-state index in [1.54, 1.807) is 18.2 Å². The molecule has 0 spiro atoms. The summed E-state index contributed by atoms with van der Waals surface area (Å²) in [4.78, 5) is 0.